The number of imidazole rings is 1. The molecule has 0 atom stereocenters. The Bertz CT molecular complexity index is 1800. The summed E-state index contributed by atoms with van der Waals surface area (Å²) in [7, 11) is 0. The van der Waals surface area contributed by atoms with Crippen LogP contribution in [0.1, 0.15) is 26.5 Å². The van der Waals surface area contributed by atoms with E-state index < -0.39 is 0 Å². The molecule has 0 saturated carbocycles. The normalized spacial score (nSPS) is 11.3. The van der Waals surface area contributed by atoms with Gasteiger partial charge >= 0.3 is 21.1 Å². The molecule has 0 fully saturated rings. The van der Waals surface area contributed by atoms with Crippen LogP contribution in [0.25, 0.3) is 50.4 Å². The minimum atomic E-state index is -0.0791. The first kappa shape index (κ1) is 26.5. The number of hydrogen-bond donors (Lipinski definition) is 0. The minimum absolute atomic E-state index is 0. The van der Waals surface area contributed by atoms with E-state index in [1.54, 1.807) is 12.4 Å². The van der Waals surface area contributed by atoms with Gasteiger partial charge in [-0.25, -0.2) is 9.97 Å². The van der Waals surface area contributed by atoms with E-state index in [1.807, 2.05) is 89.6 Å². The van der Waals surface area contributed by atoms with Crippen molar-refractivity contribution in [3.8, 4) is 22.5 Å². The zero-order valence-corrected chi connectivity index (χ0v) is 24.0. The summed E-state index contributed by atoms with van der Waals surface area (Å²) in [6, 6.07) is 29.8. The Morgan fingerprint density at radius 3 is 2.10 bits per heavy atom. The third-order valence-electron chi connectivity index (χ3n) is 6.26. The second-order valence-electron chi connectivity index (χ2n) is 9.91. The molecule has 39 heavy (non-hydrogen) atoms. The van der Waals surface area contributed by atoms with Gasteiger partial charge in [-0.2, -0.15) is 0 Å². The predicted octanol–water partition coefficient (Wildman–Crippen LogP) is 7.33. The van der Waals surface area contributed by atoms with E-state index in [0.29, 0.717) is 5.78 Å². The summed E-state index contributed by atoms with van der Waals surface area (Å²) >= 11 is 0. The van der Waals surface area contributed by atoms with Crippen molar-refractivity contribution >= 4 is 27.8 Å². The van der Waals surface area contributed by atoms with E-state index in [9.17, 15) is 0 Å². The summed E-state index contributed by atoms with van der Waals surface area (Å²) in [4.78, 5) is 17.7. The van der Waals surface area contributed by atoms with E-state index in [2.05, 4.69) is 52.8 Å². The maximum atomic E-state index is 6.36. The zero-order chi connectivity index (χ0) is 26.1. The van der Waals surface area contributed by atoms with Crippen molar-refractivity contribution in [2.75, 3.05) is 0 Å². The third-order valence-corrected chi connectivity index (χ3v) is 6.26. The molecule has 0 bridgehead atoms. The van der Waals surface area contributed by atoms with Crippen molar-refractivity contribution in [1.82, 2.24) is 24.3 Å². The molecule has 0 unspecified atom stereocenters. The van der Waals surface area contributed by atoms with Crippen molar-refractivity contribution in [2.45, 2.75) is 26.2 Å². The van der Waals surface area contributed by atoms with Crippen LogP contribution in [0.4, 0.5) is 0 Å². The van der Waals surface area contributed by atoms with Crippen molar-refractivity contribution in [1.29, 1.82) is 0 Å². The molecule has 0 spiro atoms. The first-order valence-electron chi connectivity index (χ1n) is 12.4. The molecule has 7 heteroatoms. The second-order valence-corrected chi connectivity index (χ2v) is 9.91. The van der Waals surface area contributed by atoms with Crippen LogP contribution in [0.15, 0.2) is 102 Å². The van der Waals surface area contributed by atoms with Crippen molar-refractivity contribution in [3.63, 3.8) is 0 Å². The van der Waals surface area contributed by atoms with E-state index in [1.165, 1.54) is 0 Å². The van der Waals surface area contributed by atoms with Gasteiger partial charge in [-0.3, -0.25) is 4.40 Å². The van der Waals surface area contributed by atoms with Crippen LogP contribution in [-0.4, -0.2) is 24.3 Å². The summed E-state index contributed by atoms with van der Waals surface area (Å²) in [5.74, 6) is 0.643. The van der Waals surface area contributed by atoms with Gasteiger partial charge in [-0.1, -0.05) is 56.0 Å². The molecule has 0 saturated heterocycles. The van der Waals surface area contributed by atoms with Crippen LogP contribution in [0.3, 0.4) is 0 Å². The van der Waals surface area contributed by atoms with Crippen LogP contribution in [0.2, 0.25) is 0 Å². The molecule has 0 aliphatic carbocycles. The minimum Gasteiger partial charge on any atom is -0.487 e. The molecule has 5 heterocycles. The average Bonchev–Trinajstić information content (AvgIpc) is 3.57. The Morgan fingerprint density at radius 1 is 0.718 bits per heavy atom. The Morgan fingerprint density at radius 2 is 1.44 bits per heavy atom. The summed E-state index contributed by atoms with van der Waals surface area (Å²) in [6.45, 7) is 6.47. The van der Waals surface area contributed by atoms with Crippen LogP contribution in [0.5, 0.6) is 0 Å². The number of pyridine rings is 2. The molecule has 0 N–H and O–H groups in total. The standard InChI is InChI=1S/C21H17N4O.C11H8N.Pt/c1-21(2,3)17-12-24-20-23-11-15-13-7-6-8-14(16-9-4-5-10-22-16)18(13)26-19(15)25(17)20;1-2-6-10(7-3-1)11-8-4-5-9-12-11;/h4-7,9-12H,1-3H3;1-6,8-9H;/q2*-1;+2. The van der Waals surface area contributed by atoms with Gasteiger partial charge in [0.05, 0.1) is 17.5 Å². The van der Waals surface area contributed by atoms with Gasteiger partial charge in [0, 0.05) is 29.4 Å². The fraction of sp³-hybridized carbons (Fsp3) is 0.125. The maximum Gasteiger partial charge on any atom is 2.00 e. The number of hydrogen-bond acceptors (Lipinski definition) is 5. The molecule has 0 amide bonds. The van der Waals surface area contributed by atoms with E-state index in [-0.39, 0.29) is 26.5 Å². The number of furan rings is 1. The third kappa shape index (κ3) is 5.12. The first-order chi connectivity index (χ1) is 18.5. The van der Waals surface area contributed by atoms with Crippen molar-refractivity contribution in [3.05, 3.63) is 115 Å². The summed E-state index contributed by atoms with van der Waals surface area (Å²) in [5, 5.41) is 1.96. The number of fused-ring (bicyclic) bond motifs is 5. The predicted molar refractivity (Wildman–Crippen MR) is 150 cm³/mol. The van der Waals surface area contributed by atoms with Gasteiger partial charge in [0.1, 0.15) is 0 Å². The number of rotatable bonds is 2. The fourth-order valence-corrected chi connectivity index (χ4v) is 4.42. The van der Waals surface area contributed by atoms with Crippen LogP contribution in [0, 0.1) is 12.1 Å². The molecule has 194 valence electrons. The summed E-state index contributed by atoms with van der Waals surface area (Å²) in [6.07, 6.45) is 7.27. The van der Waals surface area contributed by atoms with Crippen molar-refractivity contribution < 1.29 is 25.5 Å². The van der Waals surface area contributed by atoms with Gasteiger partial charge in [0.15, 0.2) is 0 Å². The topological polar surface area (TPSA) is 69.1 Å². The van der Waals surface area contributed by atoms with E-state index in [0.717, 1.165) is 50.3 Å². The Labute approximate surface area is 241 Å². The average molecular weight is 691 g/mol. The molecule has 0 radical (unpaired) electrons. The smallest absolute Gasteiger partial charge is 0.487 e. The quantitative estimate of drug-likeness (QED) is 0.178. The second kappa shape index (κ2) is 10.9. The Hall–Kier alpha value is -4.15. The van der Waals surface area contributed by atoms with E-state index >= 15 is 0 Å². The maximum absolute atomic E-state index is 6.36. The monoisotopic (exact) mass is 690 g/mol. The largest absolute Gasteiger partial charge is 2.00 e. The number of nitrogens with zero attached hydrogens (tertiary/aromatic N) is 5. The van der Waals surface area contributed by atoms with Crippen LogP contribution < -0.4 is 0 Å². The summed E-state index contributed by atoms with van der Waals surface area (Å²) in [5.41, 5.74) is 6.20. The molecule has 7 rings (SSSR count). The number of benzene rings is 2. The van der Waals surface area contributed by atoms with Gasteiger partial charge in [0.2, 0.25) is 11.5 Å². The molecule has 6 nitrogen and oxygen atoms in total. The van der Waals surface area contributed by atoms with Crippen molar-refractivity contribution in [2.24, 2.45) is 0 Å². The van der Waals surface area contributed by atoms with E-state index in [4.69, 9.17) is 4.42 Å². The molecule has 2 aromatic carbocycles. The SMILES string of the molecule is CC(C)(C)c1cnc2ncc3c4cc[c-]c(-c5ccccn5)c4oc3n12.[Pt+2].[c-]1ccccc1-c1ccccn1. The van der Waals surface area contributed by atoms with Gasteiger partial charge in [0.25, 0.3) is 0 Å². The van der Waals surface area contributed by atoms with Crippen LogP contribution in [-0.2, 0) is 26.5 Å². The Kier molecular flexibility index (Phi) is 7.40. The number of aromatic nitrogens is 5. The van der Waals surface area contributed by atoms with Gasteiger partial charge in [-0.05, 0) is 23.5 Å². The van der Waals surface area contributed by atoms with Gasteiger partial charge in [-0.15, -0.1) is 54.1 Å². The molecular weight excluding hydrogens is 665 g/mol. The van der Waals surface area contributed by atoms with Crippen LogP contribution >= 0.6 is 0 Å². The molecular formula is C32H25N5OPt. The fourth-order valence-electron chi connectivity index (χ4n) is 4.42. The zero-order valence-electron chi connectivity index (χ0n) is 21.7. The first-order valence-corrected chi connectivity index (χ1v) is 12.4. The molecule has 7 aromatic rings. The molecule has 0 aliphatic rings. The Balaban J connectivity index is 0.000000200. The van der Waals surface area contributed by atoms with Gasteiger partial charge < -0.3 is 14.4 Å². The molecule has 5 aromatic heterocycles. The molecule has 0 aliphatic heterocycles. The summed E-state index contributed by atoms with van der Waals surface area (Å²) < 4.78 is 8.37.